The molecule has 0 aliphatic rings. The molecule has 0 amide bonds. The molecule has 0 unspecified atom stereocenters. The summed E-state index contributed by atoms with van der Waals surface area (Å²) in [4.78, 5) is 9.59. The van der Waals surface area contributed by atoms with Gasteiger partial charge in [0.05, 0.1) is 49.4 Å². The molecule has 0 bridgehead atoms. The Morgan fingerprint density at radius 1 is 1.05 bits per heavy atom. The zero-order valence-electron chi connectivity index (χ0n) is 13.1. The number of nitrogens with two attached hydrogens (primary N) is 1. The van der Waals surface area contributed by atoms with E-state index in [0.29, 0.717) is 9.18 Å². The Labute approximate surface area is 125 Å². The van der Waals surface area contributed by atoms with E-state index in [-0.39, 0.29) is 26.7 Å². The summed E-state index contributed by atoms with van der Waals surface area (Å²) in [5, 5.41) is 14.0. The Morgan fingerprint density at radius 3 is 1.25 bits per heavy atom. The maximum absolute atomic E-state index is 10.3. The van der Waals surface area contributed by atoms with Crippen LogP contribution in [0.25, 0.3) is 0 Å². The van der Waals surface area contributed by atoms with Crippen LogP contribution in [0.15, 0.2) is 5.10 Å². The lowest BCUT2D eigenvalue weighted by atomic mass is 10.8. The van der Waals surface area contributed by atoms with Gasteiger partial charge in [-0.1, -0.05) is 14.9 Å². The van der Waals surface area contributed by atoms with Crippen molar-refractivity contribution >= 4 is 11.9 Å². The number of quaternary nitrogens is 2. The second kappa shape index (κ2) is 14.2. The van der Waals surface area contributed by atoms with Gasteiger partial charge >= 0.3 is 5.97 Å². The molecule has 0 aliphatic heterocycles. The van der Waals surface area contributed by atoms with Crippen LogP contribution in [0.2, 0.25) is 0 Å². The zero-order valence-corrected chi connectivity index (χ0v) is 13.1. The van der Waals surface area contributed by atoms with E-state index in [1.165, 1.54) is 21.0 Å². The number of carbonyl (C=O) groups is 1. The predicted molar refractivity (Wildman–Crippen MR) is 84.5 cm³/mol. The zero-order chi connectivity index (χ0) is 15.6. The SMILES string of the molecule is C.C.CC([O-])=N[N+](C)(C)C.COC(C)=O.C[N+](C)(C)N. The highest BCUT2D eigenvalue weighted by molar-refractivity contribution is 5.67. The minimum atomic E-state index is -0.245. The van der Waals surface area contributed by atoms with Gasteiger partial charge in [-0.25, -0.2) is 4.59 Å². The number of rotatable bonds is 1. The Balaban J connectivity index is -0.0000000558. The summed E-state index contributed by atoms with van der Waals surface area (Å²) in [5.74, 6) is 4.92. The molecule has 0 aromatic carbocycles. The van der Waals surface area contributed by atoms with Crippen LogP contribution in [0.5, 0.6) is 0 Å². The molecule has 7 heteroatoms. The quantitative estimate of drug-likeness (QED) is 0.189. The molecule has 0 aromatic heterocycles. The molecule has 2 N–H and O–H groups in total. The average Bonchev–Trinajstić information content (AvgIpc) is 1.96. The van der Waals surface area contributed by atoms with Crippen molar-refractivity contribution in [2.75, 3.05) is 49.4 Å². The number of carbonyl (C=O) groups excluding carboxylic acids is 1. The molecular formula is C13H37N4O3+. The molecule has 20 heavy (non-hydrogen) atoms. The van der Waals surface area contributed by atoms with Crippen LogP contribution in [-0.2, 0) is 9.53 Å². The highest BCUT2D eigenvalue weighted by Crippen LogP contribution is 1.88. The fourth-order valence-corrected chi connectivity index (χ4v) is 0.422. The molecule has 0 saturated heterocycles. The van der Waals surface area contributed by atoms with Crippen LogP contribution in [0.3, 0.4) is 0 Å². The lowest BCUT2D eigenvalue weighted by molar-refractivity contribution is -0.882. The molecule has 0 fully saturated rings. The van der Waals surface area contributed by atoms with Gasteiger partial charge < -0.3 is 9.84 Å². The smallest absolute Gasteiger partial charge is 0.302 e. The van der Waals surface area contributed by atoms with Crippen molar-refractivity contribution in [3.8, 4) is 0 Å². The summed E-state index contributed by atoms with van der Waals surface area (Å²) in [5.41, 5.74) is 0. The van der Waals surface area contributed by atoms with Gasteiger partial charge in [-0.2, -0.15) is 5.84 Å². The molecule has 7 nitrogen and oxygen atoms in total. The highest BCUT2D eigenvalue weighted by atomic mass is 16.5. The van der Waals surface area contributed by atoms with E-state index < -0.39 is 0 Å². The van der Waals surface area contributed by atoms with Crippen LogP contribution in [-0.4, -0.2) is 70.4 Å². The summed E-state index contributed by atoms with van der Waals surface area (Å²) < 4.78 is 4.97. The molecule has 0 radical (unpaired) electrons. The number of esters is 1. The normalized spacial score (nSPS) is 10.4. The van der Waals surface area contributed by atoms with Crippen LogP contribution < -0.4 is 10.9 Å². The third-order valence-electron chi connectivity index (χ3n) is 0.728. The molecule has 0 atom stereocenters. The Bertz CT molecular complexity index is 243. The molecule has 0 aliphatic carbocycles. The maximum Gasteiger partial charge on any atom is 0.302 e. The lowest BCUT2D eigenvalue weighted by Crippen LogP contribution is -2.41. The fourth-order valence-electron chi connectivity index (χ4n) is 0.422. The number of hydrogen-bond acceptors (Lipinski definition) is 5. The van der Waals surface area contributed by atoms with Crippen LogP contribution in [0.1, 0.15) is 28.7 Å². The predicted octanol–water partition coefficient (Wildman–Crippen LogP) is 0.404. The van der Waals surface area contributed by atoms with E-state index in [0.717, 1.165) is 0 Å². The molecular weight excluding hydrogens is 260 g/mol. The van der Waals surface area contributed by atoms with Crippen LogP contribution >= 0.6 is 0 Å². The first kappa shape index (κ1) is 31.3. The van der Waals surface area contributed by atoms with E-state index in [2.05, 4.69) is 9.84 Å². The summed E-state index contributed by atoms with van der Waals surface area (Å²) in [6, 6.07) is 0. The van der Waals surface area contributed by atoms with E-state index in [9.17, 15) is 9.90 Å². The van der Waals surface area contributed by atoms with Gasteiger partial charge in [0.15, 0.2) is 0 Å². The number of hydrogen-bond donors (Lipinski definition) is 1. The average molecular weight is 297 g/mol. The molecule has 126 valence electrons. The van der Waals surface area contributed by atoms with Crippen LogP contribution in [0, 0.1) is 0 Å². The van der Waals surface area contributed by atoms with Gasteiger partial charge in [-0.05, 0) is 6.92 Å². The van der Waals surface area contributed by atoms with Crippen molar-refractivity contribution in [1.82, 2.24) is 0 Å². The summed E-state index contributed by atoms with van der Waals surface area (Å²) in [6.07, 6.45) is 0. The van der Waals surface area contributed by atoms with Gasteiger partial charge in [-0.3, -0.25) is 9.39 Å². The van der Waals surface area contributed by atoms with Crippen molar-refractivity contribution in [3.63, 3.8) is 0 Å². The first-order valence-corrected chi connectivity index (χ1v) is 5.39. The first-order chi connectivity index (χ1) is 7.69. The van der Waals surface area contributed by atoms with Crippen molar-refractivity contribution in [3.05, 3.63) is 0 Å². The molecule has 0 heterocycles. The van der Waals surface area contributed by atoms with Crippen LogP contribution in [0.4, 0.5) is 0 Å². The van der Waals surface area contributed by atoms with Gasteiger partial charge in [-0.15, -0.1) is 5.10 Å². The fraction of sp³-hybridized carbons (Fsp3) is 0.846. The van der Waals surface area contributed by atoms with E-state index in [4.69, 9.17) is 5.84 Å². The second-order valence-corrected chi connectivity index (χ2v) is 5.37. The molecule has 0 saturated carbocycles. The maximum atomic E-state index is 10.3. The van der Waals surface area contributed by atoms with E-state index >= 15 is 0 Å². The van der Waals surface area contributed by atoms with E-state index in [1.54, 1.807) is 0 Å². The van der Waals surface area contributed by atoms with Crippen molar-refractivity contribution in [1.29, 1.82) is 0 Å². The van der Waals surface area contributed by atoms with E-state index in [1.807, 2.05) is 42.3 Å². The van der Waals surface area contributed by atoms with Crippen molar-refractivity contribution in [2.45, 2.75) is 28.7 Å². The minimum Gasteiger partial charge on any atom is -0.858 e. The second-order valence-electron chi connectivity index (χ2n) is 5.37. The van der Waals surface area contributed by atoms with Crippen molar-refractivity contribution in [2.24, 2.45) is 10.9 Å². The van der Waals surface area contributed by atoms with Gasteiger partial charge in [0, 0.05) is 12.8 Å². The van der Waals surface area contributed by atoms with Gasteiger partial charge in [0.25, 0.3) is 0 Å². The van der Waals surface area contributed by atoms with Gasteiger partial charge in [0.1, 0.15) is 0 Å². The highest BCUT2D eigenvalue weighted by Gasteiger charge is 1.99. The summed E-state index contributed by atoms with van der Waals surface area (Å²) in [7, 11) is 12.6. The lowest BCUT2D eigenvalue weighted by Gasteiger charge is -2.17. The van der Waals surface area contributed by atoms with Crippen molar-refractivity contribution < 1.29 is 23.8 Å². The van der Waals surface area contributed by atoms with Gasteiger partial charge in [0.2, 0.25) is 0 Å². The minimum absolute atomic E-state index is 0. The monoisotopic (exact) mass is 297 g/mol. The Hall–Kier alpha value is -1.18. The first-order valence-electron chi connectivity index (χ1n) is 5.39. The summed E-state index contributed by atoms with van der Waals surface area (Å²) >= 11 is 0. The number of methoxy groups -OCH3 is 1. The summed E-state index contributed by atoms with van der Waals surface area (Å²) in [6.45, 7) is 2.81. The third-order valence-corrected chi connectivity index (χ3v) is 0.728. The number of ether oxygens (including phenoxy) is 1. The largest absolute Gasteiger partial charge is 0.858 e. The topological polar surface area (TPSA) is 87.7 Å². The molecule has 0 aromatic rings. The Kier molecular flexibility index (Phi) is 22.3. The number of nitrogens with zero attached hydrogens (tertiary/aromatic N) is 3. The molecule has 0 spiro atoms. The Morgan fingerprint density at radius 2 is 1.25 bits per heavy atom. The standard InChI is InChI=1S/C5H12N2O.C3H11N2.C3H6O2.2CH4/c1-5(8)6-7(2,3)4;1-5(2,3)4;1-3(4)5-2;;/h1-4H3;4H2,1-3H3;1-2H3;2*1H4/q;+1;;;. The molecule has 0 rings (SSSR count). The third kappa shape index (κ3) is 124.